The Morgan fingerprint density at radius 1 is 1.35 bits per heavy atom. The normalized spacial score (nSPS) is 27.4. The maximum Gasteiger partial charge on any atom is 0.212 e. The van der Waals surface area contributed by atoms with Crippen LogP contribution in [0.3, 0.4) is 0 Å². The van der Waals surface area contributed by atoms with Crippen LogP contribution in [-0.2, 0) is 14.8 Å². The fraction of sp³-hybridized carbons (Fsp3) is 1.00. The summed E-state index contributed by atoms with van der Waals surface area (Å²) in [5.41, 5.74) is 0. The molecule has 0 saturated carbocycles. The Bertz CT molecular complexity index is 375. The Balaban J connectivity index is 2.45. The Morgan fingerprint density at radius 2 is 2.05 bits per heavy atom. The van der Waals surface area contributed by atoms with Crippen LogP contribution in [0.5, 0.6) is 0 Å². The van der Waals surface area contributed by atoms with Gasteiger partial charge < -0.3 is 14.7 Å². The second kappa shape index (κ2) is 8.29. The summed E-state index contributed by atoms with van der Waals surface area (Å²) in [7, 11) is -1.33. The number of unbranched alkanes of at least 4 members (excludes halogenated alkanes) is 1. The van der Waals surface area contributed by atoms with Crippen LogP contribution in [0.1, 0.15) is 33.1 Å². The number of rotatable bonds is 9. The maximum atomic E-state index is 11.7. The van der Waals surface area contributed by atoms with E-state index >= 15 is 0 Å². The zero-order valence-corrected chi connectivity index (χ0v) is 13.5. The second-order valence-electron chi connectivity index (χ2n) is 5.52. The molecular weight excluding hydrogens is 280 g/mol. The summed E-state index contributed by atoms with van der Waals surface area (Å²) in [6, 6.07) is -0.531. The minimum absolute atomic E-state index is 0.0806. The molecular formula is C13H28N2O4S. The number of hydrogen-bond acceptors (Lipinski definition) is 5. The second-order valence-corrected chi connectivity index (χ2v) is 7.39. The molecule has 0 aromatic rings. The van der Waals surface area contributed by atoms with E-state index in [0.29, 0.717) is 13.0 Å². The molecule has 0 aliphatic carbocycles. The largest absolute Gasteiger partial charge is 0.389 e. The molecule has 2 N–H and O–H groups in total. The zero-order chi connectivity index (χ0) is 15.2. The van der Waals surface area contributed by atoms with Crippen molar-refractivity contribution in [2.75, 3.05) is 32.5 Å². The van der Waals surface area contributed by atoms with Crippen molar-refractivity contribution in [2.24, 2.45) is 0 Å². The topological polar surface area (TPSA) is 78.9 Å². The highest BCUT2D eigenvalue weighted by atomic mass is 32.2. The molecule has 1 aliphatic rings. The van der Waals surface area contributed by atoms with Gasteiger partial charge in [-0.05, 0) is 26.4 Å². The van der Waals surface area contributed by atoms with Gasteiger partial charge >= 0.3 is 0 Å². The molecule has 3 atom stereocenters. The molecule has 20 heavy (non-hydrogen) atoms. The summed E-state index contributed by atoms with van der Waals surface area (Å²) in [5.74, 6) is 0.0806. The predicted octanol–water partition coefficient (Wildman–Crippen LogP) is 0.176. The highest BCUT2D eigenvalue weighted by Crippen LogP contribution is 2.16. The van der Waals surface area contributed by atoms with Crippen molar-refractivity contribution in [3.63, 3.8) is 0 Å². The van der Waals surface area contributed by atoms with Crippen LogP contribution in [-0.4, -0.2) is 69.2 Å². The number of aliphatic hydroxyl groups excluding tert-OH is 1. The molecule has 120 valence electrons. The molecule has 0 unspecified atom stereocenters. The average Bonchev–Trinajstić information content (AvgIpc) is 2.68. The molecule has 0 bridgehead atoms. The van der Waals surface area contributed by atoms with Crippen molar-refractivity contribution >= 4 is 10.0 Å². The third-order valence-corrected chi connectivity index (χ3v) is 5.08. The number of hydrogen-bond donors (Lipinski definition) is 2. The monoisotopic (exact) mass is 308 g/mol. The van der Waals surface area contributed by atoms with Crippen LogP contribution in [0.4, 0.5) is 0 Å². The minimum atomic E-state index is -3.32. The van der Waals surface area contributed by atoms with Crippen molar-refractivity contribution in [2.45, 2.75) is 51.4 Å². The summed E-state index contributed by atoms with van der Waals surface area (Å²) < 4.78 is 31.5. The zero-order valence-electron chi connectivity index (χ0n) is 12.7. The van der Waals surface area contributed by atoms with Gasteiger partial charge in [0.25, 0.3) is 0 Å². The van der Waals surface area contributed by atoms with Gasteiger partial charge in [-0.15, -0.1) is 0 Å². The molecule has 0 amide bonds. The van der Waals surface area contributed by atoms with Gasteiger partial charge in [-0.3, -0.25) is 0 Å². The summed E-state index contributed by atoms with van der Waals surface area (Å²) in [6.45, 7) is 5.75. The fourth-order valence-electron chi connectivity index (χ4n) is 2.33. The van der Waals surface area contributed by atoms with Crippen LogP contribution in [0.15, 0.2) is 0 Å². The number of nitrogens with one attached hydrogen (secondary N) is 1. The van der Waals surface area contributed by atoms with Crippen LogP contribution in [0.2, 0.25) is 0 Å². The predicted molar refractivity (Wildman–Crippen MR) is 79.2 cm³/mol. The lowest BCUT2D eigenvalue weighted by molar-refractivity contribution is 0.0203. The van der Waals surface area contributed by atoms with E-state index in [0.717, 1.165) is 19.4 Å². The van der Waals surface area contributed by atoms with Crippen LogP contribution < -0.4 is 4.72 Å². The SMILES string of the molecule is CCCCN(C)C[C@@H]1OC[C@H](NS(=O)(=O)CCC)[C@H]1O. The smallest absolute Gasteiger partial charge is 0.212 e. The molecule has 1 heterocycles. The molecule has 1 rings (SSSR count). The number of nitrogens with zero attached hydrogens (tertiary/aromatic N) is 1. The van der Waals surface area contributed by atoms with Crippen molar-refractivity contribution in [1.82, 2.24) is 9.62 Å². The quantitative estimate of drug-likeness (QED) is 0.635. The molecule has 7 heteroatoms. The lowest BCUT2D eigenvalue weighted by Gasteiger charge is -2.23. The van der Waals surface area contributed by atoms with Gasteiger partial charge in [-0.2, -0.15) is 0 Å². The van der Waals surface area contributed by atoms with Gasteiger partial charge in [0.2, 0.25) is 10.0 Å². The standard InChI is InChI=1S/C13H28N2O4S/c1-4-6-7-15(3)9-12-13(16)11(10-19-12)14-20(17,18)8-5-2/h11-14,16H,4-10H2,1-3H3/t11-,12-,13+/m0/s1. The lowest BCUT2D eigenvalue weighted by Crippen LogP contribution is -2.47. The van der Waals surface area contributed by atoms with Crippen LogP contribution in [0.25, 0.3) is 0 Å². The van der Waals surface area contributed by atoms with Gasteiger partial charge in [0.15, 0.2) is 0 Å². The Labute approximate surface area is 122 Å². The van der Waals surface area contributed by atoms with E-state index in [1.807, 2.05) is 14.0 Å². The van der Waals surface area contributed by atoms with E-state index < -0.39 is 22.2 Å². The van der Waals surface area contributed by atoms with Gasteiger partial charge in [-0.25, -0.2) is 13.1 Å². The molecule has 6 nitrogen and oxygen atoms in total. The molecule has 1 saturated heterocycles. The van der Waals surface area contributed by atoms with Gasteiger partial charge in [0, 0.05) is 6.54 Å². The summed E-state index contributed by atoms with van der Waals surface area (Å²) in [4.78, 5) is 2.11. The Morgan fingerprint density at radius 3 is 2.65 bits per heavy atom. The van der Waals surface area contributed by atoms with E-state index in [1.165, 1.54) is 0 Å². The van der Waals surface area contributed by atoms with Crippen LogP contribution >= 0.6 is 0 Å². The molecule has 0 aromatic heterocycles. The number of ether oxygens (including phenoxy) is 1. The molecule has 1 fully saturated rings. The highest BCUT2D eigenvalue weighted by molar-refractivity contribution is 7.89. The Hall–Kier alpha value is -0.210. The Kier molecular flexibility index (Phi) is 7.39. The summed E-state index contributed by atoms with van der Waals surface area (Å²) >= 11 is 0. The molecule has 0 aromatic carbocycles. The summed E-state index contributed by atoms with van der Waals surface area (Å²) in [5, 5.41) is 10.2. The maximum absolute atomic E-state index is 11.7. The first-order chi connectivity index (χ1) is 9.39. The minimum Gasteiger partial charge on any atom is -0.389 e. The molecule has 1 aliphatic heterocycles. The van der Waals surface area contributed by atoms with E-state index in [2.05, 4.69) is 16.5 Å². The van der Waals surface area contributed by atoms with Crippen LogP contribution in [0, 0.1) is 0 Å². The first kappa shape index (κ1) is 17.8. The number of aliphatic hydroxyl groups is 1. The average molecular weight is 308 g/mol. The van der Waals surface area contributed by atoms with Gasteiger partial charge in [0.1, 0.15) is 0 Å². The number of sulfonamides is 1. The third-order valence-electron chi connectivity index (χ3n) is 3.47. The van der Waals surface area contributed by atoms with E-state index in [9.17, 15) is 13.5 Å². The van der Waals surface area contributed by atoms with Gasteiger partial charge in [-0.1, -0.05) is 20.3 Å². The highest BCUT2D eigenvalue weighted by Gasteiger charge is 2.38. The van der Waals surface area contributed by atoms with Crippen molar-refractivity contribution < 1.29 is 18.3 Å². The van der Waals surface area contributed by atoms with Crippen molar-refractivity contribution in [1.29, 1.82) is 0 Å². The molecule has 0 spiro atoms. The van der Waals surface area contributed by atoms with E-state index in [1.54, 1.807) is 0 Å². The third kappa shape index (κ3) is 5.65. The first-order valence-electron chi connectivity index (χ1n) is 7.37. The van der Waals surface area contributed by atoms with Gasteiger partial charge in [0.05, 0.1) is 30.6 Å². The number of likely N-dealkylation sites (N-methyl/N-ethyl adjacent to an activating group) is 1. The van der Waals surface area contributed by atoms with E-state index in [4.69, 9.17) is 4.74 Å². The van der Waals surface area contributed by atoms with E-state index in [-0.39, 0.29) is 18.5 Å². The lowest BCUT2D eigenvalue weighted by atomic mass is 10.1. The summed E-state index contributed by atoms with van der Waals surface area (Å²) in [6.07, 6.45) is 1.67. The first-order valence-corrected chi connectivity index (χ1v) is 9.03. The van der Waals surface area contributed by atoms with Crippen molar-refractivity contribution in [3.8, 4) is 0 Å². The molecule has 0 radical (unpaired) electrons. The van der Waals surface area contributed by atoms with Crippen molar-refractivity contribution in [3.05, 3.63) is 0 Å². The fourth-order valence-corrected chi connectivity index (χ4v) is 3.66.